The maximum Gasteiger partial charge on any atom is 0.119 e. The van der Waals surface area contributed by atoms with E-state index in [1.165, 1.54) is 0 Å². The SMILES string of the molecule is Cc1c(O)cc(-c2ccccc2)c(C#Cc2ccccc2)c1-c1ccccc1. The number of aromatic hydroxyl groups is 1. The van der Waals surface area contributed by atoms with Crippen LogP contribution in [0.1, 0.15) is 16.7 Å². The van der Waals surface area contributed by atoms with Crippen LogP contribution in [0.5, 0.6) is 5.75 Å². The van der Waals surface area contributed by atoms with E-state index in [1.54, 1.807) is 0 Å². The van der Waals surface area contributed by atoms with Crippen LogP contribution < -0.4 is 0 Å². The standard InChI is InChI=1S/C27H20O/c1-20-26(28)19-25(22-13-7-3-8-14-22)24(18-17-21-11-5-2-6-12-21)27(20)23-15-9-4-10-16-23/h2-16,19,28H,1H3. The highest BCUT2D eigenvalue weighted by Crippen LogP contribution is 2.39. The Morgan fingerprint density at radius 3 is 1.79 bits per heavy atom. The molecule has 0 aliphatic rings. The average molecular weight is 360 g/mol. The van der Waals surface area contributed by atoms with Crippen LogP contribution in [0.2, 0.25) is 0 Å². The number of hydrogen-bond acceptors (Lipinski definition) is 1. The average Bonchev–Trinajstić information content (AvgIpc) is 2.76. The van der Waals surface area contributed by atoms with E-state index in [9.17, 15) is 5.11 Å². The van der Waals surface area contributed by atoms with Gasteiger partial charge in [-0.2, -0.15) is 0 Å². The van der Waals surface area contributed by atoms with Crippen molar-refractivity contribution in [2.75, 3.05) is 0 Å². The fourth-order valence-electron chi connectivity index (χ4n) is 3.36. The summed E-state index contributed by atoms with van der Waals surface area (Å²) < 4.78 is 0. The molecule has 4 aromatic rings. The smallest absolute Gasteiger partial charge is 0.119 e. The third-order valence-corrected chi connectivity index (χ3v) is 4.81. The third-order valence-electron chi connectivity index (χ3n) is 4.81. The molecule has 4 aromatic carbocycles. The van der Waals surface area contributed by atoms with Gasteiger partial charge in [0.15, 0.2) is 0 Å². The van der Waals surface area contributed by atoms with Crippen molar-refractivity contribution < 1.29 is 5.11 Å². The monoisotopic (exact) mass is 360 g/mol. The van der Waals surface area contributed by atoms with E-state index < -0.39 is 0 Å². The van der Waals surface area contributed by atoms with Crippen LogP contribution in [0, 0.1) is 18.8 Å². The van der Waals surface area contributed by atoms with Gasteiger partial charge in [0.25, 0.3) is 0 Å². The highest BCUT2D eigenvalue weighted by Gasteiger charge is 2.16. The molecule has 1 heteroatoms. The van der Waals surface area contributed by atoms with Gasteiger partial charge in [-0.05, 0) is 41.8 Å². The summed E-state index contributed by atoms with van der Waals surface area (Å²) in [5, 5.41) is 10.7. The van der Waals surface area contributed by atoms with Crippen LogP contribution in [0.3, 0.4) is 0 Å². The second kappa shape index (κ2) is 7.86. The summed E-state index contributed by atoms with van der Waals surface area (Å²) >= 11 is 0. The molecule has 1 N–H and O–H groups in total. The maximum absolute atomic E-state index is 10.7. The Bertz CT molecular complexity index is 1150. The van der Waals surface area contributed by atoms with Gasteiger partial charge in [-0.25, -0.2) is 0 Å². The normalized spacial score (nSPS) is 10.2. The summed E-state index contributed by atoms with van der Waals surface area (Å²) in [5.74, 6) is 6.98. The molecular weight excluding hydrogens is 340 g/mol. The van der Waals surface area contributed by atoms with Gasteiger partial charge in [-0.15, -0.1) is 0 Å². The summed E-state index contributed by atoms with van der Waals surface area (Å²) in [6.07, 6.45) is 0. The van der Waals surface area contributed by atoms with Crippen molar-refractivity contribution in [2.45, 2.75) is 6.92 Å². The van der Waals surface area contributed by atoms with Crippen LogP contribution >= 0.6 is 0 Å². The molecule has 0 aliphatic carbocycles. The van der Waals surface area contributed by atoms with Crippen molar-refractivity contribution in [3.63, 3.8) is 0 Å². The molecule has 0 bridgehead atoms. The minimum Gasteiger partial charge on any atom is -0.508 e. The van der Waals surface area contributed by atoms with Crippen molar-refractivity contribution in [3.8, 4) is 39.8 Å². The van der Waals surface area contributed by atoms with Gasteiger partial charge in [-0.3, -0.25) is 0 Å². The van der Waals surface area contributed by atoms with Crippen LogP contribution in [0.25, 0.3) is 22.3 Å². The van der Waals surface area contributed by atoms with Crippen LogP contribution in [-0.4, -0.2) is 5.11 Å². The Balaban J connectivity index is 2.02. The van der Waals surface area contributed by atoms with E-state index in [2.05, 4.69) is 24.0 Å². The molecule has 0 unspecified atom stereocenters. The van der Waals surface area contributed by atoms with E-state index in [0.29, 0.717) is 0 Å². The van der Waals surface area contributed by atoms with Crippen molar-refractivity contribution in [1.29, 1.82) is 0 Å². The lowest BCUT2D eigenvalue weighted by Crippen LogP contribution is -1.95. The van der Waals surface area contributed by atoms with Crippen LogP contribution in [0.4, 0.5) is 0 Å². The summed E-state index contributed by atoms with van der Waals surface area (Å²) in [6, 6.07) is 32.0. The zero-order valence-electron chi connectivity index (χ0n) is 15.7. The number of rotatable bonds is 2. The van der Waals surface area contributed by atoms with Gasteiger partial charge < -0.3 is 5.11 Å². The molecule has 0 fully saturated rings. The number of phenols is 1. The first-order valence-electron chi connectivity index (χ1n) is 9.28. The molecule has 28 heavy (non-hydrogen) atoms. The Morgan fingerprint density at radius 1 is 0.643 bits per heavy atom. The quantitative estimate of drug-likeness (QED) is 0.408. The largest absolute Gasteiger partial charge is 0.508 e. The minimum absolute atomic E-state index is 0.281. The Hall–Kier alpha value is -3.76. The Kier molecular flexibility index (Phi) is 4.95. The molecule has 4 rings (SSSR count). The van der Waals surface area contributed by atoms with Crippen molar-refractivity contribution in [1.82, 2.24) is 0 Å². The van der Waals surface area contributed by atoms with Gasteiger partial charge in [0.2, 0.25) is 0 Å². The highest BCUT2D eigenvalue weighted by atomic mass is 16.3. The fraction of sp³-hybridized carbons (Fsp3) is 0.0370. The van der Waals surface area contributed by atoms with Crippen LogP contribution in [0.15, 0.2) is 97.1 Å². The second-order valence-electron chi connectivity index (χ2n) is 6.67. The molecule has 0 heterocycles. The molecule has 0 radical (unpaired) electrons. The van der Waals surface area contributed by atoms with E-state index in [0.717, 1.165) is 38.9 Å². The third kappa shape index (κ3) is 3.54. The first kappa shape index (κ1) is 17.6. The number of hydrogen-bond donors (Lipinski definition) is 1. The summed E-state index contributed by atoms with van der Waals surface area (Å²) in [5.41, 5.74) is 6.72. The Labute approximate surface area is 165 Å². The molecule has 0 aliphatic heterocycles. The summed E-state index contributed by atoms with van der Waals surface area (Å²) in [6.45, 7) is 1.94. The van der Waals surface area contributed by atoms with Crippen molar-refractivity contribution in [3.05, 3.63) is 114 Å². The zero-order chi connectivity index (χ0) is 19.3. The van der Waals surface area contributed by atoms with Gasteiger partial charge in [0.1, 0.15) is 5.75 Å². The molecule has 0 atom stereocenters. The molecule has 1 nitrogen and oxygen atoms in total. The maximum atomic E-state index is 10.7. The molecule has 0 saturated heterocycles. The summed E-state index contributed by atoms with van der Waals surface area (Å²) in [7, 11) is 0. The lowest BCUT2D eigenvalue weighted by Gasteiger charge is -2.16. The topological polar surface area (TPSA) is 20.2 Å². The number of benzene rings is 4. The molecule has 0 spiro atoms. The van der Waals surface area contributed by atoms with E-state index in [-0.39, 0.29) is 5.75 Å². The van der Waals surface area contributed by atoms with Crippen molar-refractivity contribution >= 4 is 0 Å². The van der Waals surface area contributed by atoms with E-state index in [1.807, 2.05) is 91.9 Å². The molecule has 0 saturated carbocycles. The number of phenolic OH excluding ortho intramolecular Hbond substituents is 1. The van der Waals surface area contributed by atoms with E-state index in [4.69, 9.17) is 0 Å². The molecule has 134 valence electrons. The molecular formula is C27H20O. The first-order chi connectivity index (χ1) is 13.7. The predicted molar refractivity (Wildman–Crippen MR) is 116 cm³/mol. The predicted octanol–water partition coefficient (Wildman–Crippen LogP) is 6.43. The molecule has 0 amide bonds. The fourth-order valence-corrected chi connectivity index (χ4v) is 3.36. The van der Waals surface area contributed by atoms with Crippen molar-refractivity contribution in [2.24, 2.45) is 0 Å². The lowest BCUT2D eigenvalue weighted by molar-refractivity contribution is 0.471. The first-order valence-corrected chi connectivity index (χ1v) is 9.28. The van der Waals surface area contributed by atoms with Crippen LogP contribution in [-0.2, 0) is 0 Å². The zero-order valence-corrected chi connectivity index (χ0v) is 15.7. The van der Waals surface area contributed by atoms with Gasteiger partial charge in [0, 0.05) is 22.3 Å². The lowest BCUT2D eigenvalue weighted by atomic mass is 9.88. The molecule has 0 aromatic heterocycles. The summed E-state index contributed by atoms with van der Waals surface area (Å²) in [4.78, 5) is 0. The highest BCUT2D eigenvalue weighted by molar-refractivity contribution is 5.86. The second-order valence-corrected chi connectivity index (χ2v) is 6.67. The van der Waals surface area contributed by atoms with E-state index >= 15 is 0 Å². The minimum atomic E-state index is 0.281. The van der Waals surface area contributed by atoms with Gasteiger partial charge in [-0.1, -0.05) is 90.7 Å². The van der Waals surface area contributed by atoms with Gasteiger partial charge in [0.05, 0.1) is 0 Å². The Morgan fingerprint density at radius 2 is 1.18 bits per heavy atom. The van der Waals surface area contributed by atoms with Gasteiger partial charge >= 0.3 is 0 Å².